The van der Waals surface area contributed by atoms with Gasteiger partial charge in [-0.15, -0.1) is 0 Å². The molecular formula is C14H10F2O. The molecule has 0 N–H and O–H groups in total. The van der Waals surface area contributed by atoms with Crippen LogP contribution in [0.25, 0.3) is 11.1 Å². The molecule has 0 bridgehead atoms. The summed E-state index contributed by atoms with van der Waals surface area (Å²) in [6, 6.07) is 9.64. The topological polar surface area (TPSA) is 17.1 Å². The van der Waals surface area contributed by atoms with Crippen molar-refractivity contribution in [2.75, 3.05) is 0 Å². The molecular weight excluding hydrogens is 222 g/mol. The highest BCUT2D eigenvalue weighted by Gasteiger charge is 2.11. The van der Waals surface area contributed by atoms with Crippen molar-refractivity contribution < 1.29 is 13.6 Å². The molecule has 86 valence electrons. The molecule has 0 spiro atoms. The zero-order valence-electron chi connectivity index (χ0n) is 9.21. The van der Waals surface area contributed by atoms with Crippen molar-refractivity contribution in [3.8, 4) is 11.1 Å². The van der Waals surface area contributed by atoms with E-state index in [1.54, 1.807) is 6.07 Å². The van der Waals surface area contributed by atoms with Gasteiger partial charge in [0, 0.05) is 0 Å². The fourth-order valence-corrected chi connectivity index (χ4v) is 1.69. The van der Waals surface area contributed by atoms with Gasteiger partial charge >= 0.3 is 0 Å². The SMILES string of the molecule is Cc1cccc(-c2cc(F)c(C=O)c(F)c2)c1. The van der Waals surface area contributed by atoms with Crippen LogP contribution in [0.5, 0.6) is 0 Å². The van der Waals surface area contributed by atoms with Crippen LogP contribution in [0.4, 0.5) is 8.78 Å². The lowest BCUT2D eigenvalue weighted by Crippen LogP contribution is -1.94. The molecule has 0 heterocycles. The molecule has 0 aliphatic carbocycles. The summed E-state index contributed by atoms with van der Waals surface area (Å²) >= 11 is 0. The average molecular weight is 232 g/mol. The summed E-state index contributed by atoms with van der Waals surface area (Å²) in [6.45, 7) is 1.90. The van der Waals surface area contributed by atoms with E-state index in [-0.39, 0.29) is 6.29 Å². The maximum atomic E-state index is 13.4. The maximum Gasteiger partial charge on any atom is 0.155 e. The lowest BCUT2D eigenvalue weighted by molar-refractivity contribution is 0.111. The molecule has 0 aliphatic rings. The van der Waals surface area contributed by atoms with Crippen molar-refractivity contribution in [2.24, 2.45) is 0 Å². The first kappa shape index (κ1) is 11.5. The Kier molecular flexibility index (Phi) is 3.00. The van der Waals surface area contributed by atoms with Crippen molar-refractivity contribution in [3.63, 3.8) is 0 Å². The average Bonchev–Trinajstić information content (AvgIpc) is 2.28. The lowest BCUT2D eigenvalue weighted by atomic mass is 10.0. The molecule has 0 radical (unpaired) electrons. The maximum absolute atomic E-state index is 13.4. The highest BCUT2D eigenvalue weighted by Crippen LogP contribution is 2.24. The van der Waals surface area contributed by atoms with Gasteiger partial charge in [-0.2, -0.15) is 0 Å². The Labute approximate surface area is 97.7 Å². The molecule has 0 aliphatic heterocycles. The van der Waals surface area contributed by atoms with Gasteiger partial charge in [0.2, 0.25) is 0 Å². The number of aryl methyl sites for hydroxylation is 1. The number of hydrogen-bond donors (Lipinski definition) is 0. The van der Waals surface area contributed by atoms with E-state index in [1.165, 1.54) is 12.1 Å². The third-order valence-corrected chi connectivity index (χ3v) is 2.55. The van der Waals surface area contributed by atoms with Crippen LogP contribution in [0.3, 0.4) is 0 Å². The van der Waals surface area contributed by atoms with Gasteiger partial charge in [0.25, 0.3) is 0 Å². The Bertz CT molecular complexity index is 553. The van der Waals surface area contributed by atoms with Crippen molar-refractivity contribution in [1.29, 1.82) is 0 Å². The van der Waals surface area contributed by atoms with Gasteiger partial charge in [-0.25, -0.2) is 8.78 Å². The summed E-state index contributed by atoms with van der Waals surface area (Å²) in [5, 5.41) is 0. The van der Waals surface area contributed by atoms with Crippen molar-refractivity contribution in [1.82, 2.24) is 0 Å². The molecule has 1 nitrogen and oxygen atoms in total. The molecule has 2 aromatic carbocycles. The zero-order valence-corrected chi connectivity index (χ0v) is 9.21. The Balaban J connectivity index is 2.58. The molecule has 0 saturated carbocycles. The van der Waals surface area contributed by atoms with Crippen LogP contribution < -0.4 is 0 Å². The van der Waals surface area contributed by atoms with Crippen LogP contribution in [0.15, 0.2) is 36.4 Å². The number of halogens is 2. The summed E-state index contributed by atoms with van der Waals surface area (Å²) < 4.78 is 26.9. The third kappa shape index (κ3) is 2.23. The predicted octanol–water partition coefficient (Wildman–Crippen LogP) is 3.75. The van der Waals surface area contributed by atoms with Crippen LogP contribution >= 0.6 is 0 Å². The second kappa shape index (κ2) is 4.45. The number of carbonyl (C=O) groups excluding carboxylic acids is 1. The highest BCUT2D eigenvalue weighted by molar-refractivity contribution is 5.78. The van der Waals surface area contributed by atoms with Crippen molar-refractivity contribution in [2.45, 2.75) is 6.92 Å². The summed E-state index contributed by atoms with van der Waals surface area (Å²) in [6.07, 6.45) is 0.185. The number of rotatable bonds is 2. The summed E-state index contributed by atoms with van der Waals surface area (Å²) in [4.78, 5) is 10.5. The number of carbonyl (C=O) groups is 1. The van der Waals surface area contributed by atoms with Gasteiger partial charge in [0.15, 0.2) is 6.29 Å². The first-order chi connectivity index (χ1) is 8.11. The molecule has 0 fully saturated rings. The van der Waals surface area contributed by atoms with Gasteiger partial charge in [0.05, 0.1) is 5.56 Å². The van der Waals surface area contributed by atoms with Gasteiger partial charge < -0.3 is 0 Å². The second-order valence-corrected chi connectivity index (χ2v) is 3.84. The first-order valence-corrected chi connectivity index (χ1v) is 5.13. The summed E-state index contributed by atoms with van der Waals surface area (Å²) in [7, 11) is 0. The van der Waals surface area contributed by atoms with Crippen LogP contribution in [-0.2, 0) is 0 Å². The Morgan fingerprint density at radius 1 is 1.00 bits per heavy atom. The highest BCUT2D eigenvalue weighted by atomic mass is 19.1. The van der Waals surface area contributed by atoms with E-state index in [0.29, 0.717) is 5.56 Å². The van der Waals surface area contributed by atoms with E-state index in [1.807, 2.05) is 25.1 Å². The van der Waals surface area contributed by atoms with Crippen molar-refractivity contribution >= 4 is 6.29 Å². The Hall–Kier alpha value is -2.03. The van der Waals surface area contributed by atoms with Crippen molar-refractivity contribution in [3.05, 3.63) is 59.2 Å². The Morgan fingerprint density at radius 3 is 2.18 bits per heavy atom. The quantitative estimate of drug-likeness (QED) is 0.720. The molecule has 0 aromatic heterocycles. The second-order valence-electron chi connectivity index (χ2n) is 3.84. The molecule has 0 unspecified atom stereocenters. The smallest absolute Gasteiger partial charge is 0.155 e. The standard InChI is InChI=1S/C14H10F2O/c1-9-3-2-4-10(5-9)11-6-13(15)12(8-17)14(16)7-11/h2-8H,1H3. The van der Waals surface area contributed by atoms with Gasteiger partial charge in [0.1, 0.15) is 11.6 Å². The fourth-order valence-electron chi connectivity index (χ4n) is 1.69. The fraction of sp³-hybridized carbons (Fsp3) is 0.0714. The van der Waals surface area contributed by atoms with Crippen LogP contribution in [0, 0.1) is 18.6 Å². The van der Waals surface area contributed by atoms with E-state index >= 15 is 0 Å². The minimum atomic E-state index is -0.837. The minimum Gasteiger partial charge on any atom is -0.298 e. The molecule has 2 aromatic rings. The molecule has 0 saturated heterocycles. The van der Waals surface area contributed by atoms with Gasteiger partial charge in [-0.1, -0.05) is 29.8 Å². The van der Waals surface area contributed by atoms with E-state index in [2.05, 4.69) is 0 Å². The first-order valence-electron chi connectivity index (χ1n) is 5.13. The summed E-state index contributed by atoms with van der Waals surface area (Å²) in [5.74, 6) is -1.67. The van der Waals surface area contributed by atoms with Gasteiger partial charge in [-0.3, -0.25) is 4.79 Å². The molecule has 3 heteroatoms. The molecule has 17 heavy (non-hydrogen) atoms. The molecule has 2 rings (SSSR count). The van der Waals surface area contributed by atoms with E-state index in [9.17, 15) is 13.6 Å². The van der Waals surface area contributed by atoms with E-state index < -0.39 is 17.2 Å². The number of benzene rings is 2. The largest absolute Gasteiger partial charge is 0.298 e. The van der Waals surface area contributed by atoms with Crippen LogP contribution in [0.1, 0.15) is 15.9 Å². The van der Waals surface area contributed by atoms with Crippen LogP contribution in [-0.4, -0.2) is 6.29 Å². The zero-order chi connectivity index (χ0) is 12.4. The Morgan fingerprint density at radius 2 is 1.65 bits per heavy atom. The predicted molar refractivity (Wildman–Crippen MR) is 61.9 cm³/mol. The normalized spacial score (nSPS) is 10.3. The molecule has 0 atom stereocenters. The van der Waals surface area contributed by atoms with Crippen LogP contribution in [0.2, 0.25) is 0 Å². The summed E-state index contributed by atoms with van der Waals surface area (Å²) in [5.41, 5.74) is 1.62. The van der Waals surface area contributed by atoms with Gasteiger partial charge in [-0.05, 0) is 30.2 Å². The lowest BCUT2D eigenvalue weighted by Gasteiger charge is -2.05. The number of aldehydes is 1. The van der Waals surface area contributed by atoms with E-state index in [4.69, 9.17) is 0 Å². The van der Waals surface area contributed by atoms with E-state index in [0.717, 1.165) is 11.1 Å². The monoisotopic (exact) mass is 232 g/mol. The minimum absolute atomic E-state index is 0.185. The molecule has 0 amide bonds. The third-order valence-electron chi connectivity index (χ3n) is 2.55. The number of hydrogen-bond acceptors (Lipinski definition) is 1.